The van der Waals surface area contributed by atoms with Gasteiger partial charge in [0.15, 0.2) is 0 Å². The molecule has 5 heteroatoms. The first-order valence-electron chi connectivity index (χ1n) is 8.83. The highest BCUT2D eigenvalue weighted by Crippen LogP contribution is 2.29. The Balaban J connectivity index is 1.87. The molecule has 0 bridgehead atoms. The number of benzene rings is 1. The molecule has 1 aliphatic carbocycles. The normalized spacial score (nSPS) is 16.9. The van der Waals surface area contributed by atoms with Gasteiger partial charge in [0.1, 0.15) is 0 Å². The molecule has 2 amide bonds. The van der Waals surface area contributed by atoms with Crippen LogP contribution in [0.15, 0.2) is 24.3 Å². The van der Waals surface area contributed by atoms with Crippen molar-refractivity contribution in [1.82, 2.24) is 10.2 Å². The van der Waals surface area contributed by atoms with Gasteiger partial charge >= 0.3 is 0 Å². The third kappa shape index (κ3) is 5.64. The lowest BCUT2D eigenvalue weighted by molar-refractivity contribution is -0.123. The van der Waals surface area contributed by atoms with Crippen LogP contribution in [0.5, 0.6) is 0 Å². The van der Waals surface area contributed by atoms with Crippen LogP contribution in [-0.2, 0) is 16.0 Å². The number of hydrogen-bond acceptors (Lipinski definition) is 3. The van der Waals surface area contributed by atoms with E-state index >= 15 is 0 Å². The van der Waals surface area contributed by atoms with Crippen LogP contribution in [0.2, 0.25) is 0 Å². The average Bonchev–Trinajstić information content (AvgIpc) is 2.52. The zero-order chi connectivity index (χ0) is 17.5. The van der Waals surface area contributed by atoms with Gasteiger partial charge in [0.05, 0.1) is 12.6 Å². The monoisotopic (exact) mass is 331 g/mol. The van der Waals surface area contributed by atoms with Crippen LogP contribution < -0.4 is 11.1 Å². The zero-order valence-electron chi connectivity index (χ0n) is 14.8. The largest absolute Gasteiger partial charge is 0.369 e. The smallest absolute Gasteiger partial charge is 0.231 e. The summed E-state index contributed by atoms with van der Waals surface area (Å²) < 4.78 is 0. The molecule has 1 atom stereocenters. The molecular formula is C19H29N3O2. The lowest BCUT2D eigenvalue weighted by Crippen LogP contribution is -2.39. The number of nitrogens with two attached hydrogens (primary N) is 1. The van der Waals surface area contributed by atoms with Gasteiger partial charge in [-0.1, -0.05) is 38.1 Å². The number of nitrogens with one attached hydrogen (secondary N) is 1. The third-order valence-electron chi connectivity index (χ3n) is 4.36. The Morgan fingerprint density at radius 1 is 1.33 bits per heavy atom. The molecule has 0 fully saturated rings. The highest BCUT2D eigenvalue weighted by Gasteiger charge is 2.21. The lowest BCUT2D eigenvalue weighted by Gasteiger charge is -2.27. The van der Waals surface area contributed by atoms with Crippen molar-refractivity contribution in [3.05, 3.63) is 35.4 Å². The molecule has 0 spiro atoms. The summed E-state index contributed by atoms with van der Waals surface area (Å²) in [7, 11) is 0. The number of carbonyl (C=O) groups is 2. The molecule has 1 aromatic carbocycles. The highest BCUT2D eigenvalue weighted by atomic mass is 16.2. The summed E-state index contributed by atoms with van der Waals surface area (Å²) >= 11 is 0. The summed E-state index contributed by atoms with van der Waals surface area (Å²) in [4.78, 5) is 25.5. The minimum absolute atomic E-state index is 0.0370. The Bertz CT molecular complexity index is 571. The van der Waals surface area contributed by atoms with E-state index in [4.69, 9.17) is 5.73 Å². The molecule has 2 rings (SSSR count). The Morgan fingerprint density at radius 3 is 2.79 bits per heavy atom. The van der Waals surface area contributed by atoms with Crippen molar-refractivity contribution in [2.75, 3.05) is 19.6 Å². The highest BCUT2D eigenvalue weighted by molar-refractivity contribution is 5.77. The third-order valence-corrected chi connectivity index (χ3v) is 4.36. The van der Waals surface area contributed by atoms with Gasteiger partial charge in [0.25, 0.3) is 0 Å². The number of amides is 2. The Hall–Kier alpha value is -1.88. The van der Waals surface area contributed by atoms with Crippen molar-refractivity contribution in [1.29, 1.82) is 0 Å². The first-order chi connectivity index (χ1) is 11.5. The molecule has 1 unspecified atom stereocenters. The predicted molar refractivity (Wildman–Crippen MR) is 95.4 cm³/mol. The fraction of sp³-hybridized carbons (Fsp3) is 0.579. The zero-order valence-corrected chi connectivity index (χ0v) is 14.8. The molecule has 5 nitrogen and oxygen atoms in total. The minimum Gasteiger partial charge on any atom is -0.369 e. The summed E-state index contributed by atoms with van der Waals surface area (Å²) in [6.07, 6.45) is 3.56. The van der Waals surface area contributed by atoms with E-state index in [0.29, 0.717) is 18.9 Å². The Kier molecular flexibility index (Phi) is 6.79. The van der Waals surface area contributed by atoms with Crippen LogP contribution >= 0.6 is 0 Å². The number of aryl methyl sites for hydroxylation is 1. The summed E-state index contributed by atoms with van der Waals surface area (Å²) in [6.45, 7) is 5.71. The molecule has 0 heterocycles. The van der Waals surface area contributed by atoms with Crippen LogP contribution in [0.3, 0.4) is 0 Å². The molecule has 0 aliphatic heterocycles. The van der Waals surface area contributed by atoms with Crippen LogP contribution in [0.1, 0.15) is 50.3 Å². The van der Waals surface area contributed by atoms with Crippen molar-refractivity contribution in [2.24, 2.45) is 11.7 Å². The van der Waals surface area contributed by atoms with Gasteiger partial charge in [-0.05, 0) is 36.3 Å². The van der Waals surface area contributed by atoms with Crippen LogP contribution in [0.25, 0.3) is 0 Å². The second-order valence-electron chi connectivity index (χ2n) is 7.06. The van der Waals surface area contributed by atoms with E-state index in [1.807, 2.05) is 11.0 Å². The molecule has 24 heavy (non-hydrogen) atoms. The summed E-state index contributed by atoms with van der Waals surface area (Å²) in [5.41, 5.74) is 7.88. The van der Waals surface area contributed by atoms with E-state index in [-0.39, 0.29) is 24.4 Å². The van der Waals surface area contributed by atoms with E-state index in [1.54, 1.807) is 0 Å². The topological polar surface area (TPSA) is 75.4 Å². The number of primary amides is 1. The fourth-order valence-corrected chi connectivity index (χ4v) is 3.40. The van der Waals surface area contributed by atoms with Gasteiger partial charge in [-0.2, -0.15) is 0 Å². The second-order valence-corrected chi connectivity index (χ2v) is 7.06. The standard InChI is InChI=1S/C19H29N3O2/c1-14(2)12-22(13-18(20)23)11-10-19(24)21-17-9-5-7-15-6-3-4-8-16(15)17/h3-4,6,8,14,17H,5,7,9-13H2,1-2H3,(H2,20,23)(H,21,24). The molecule has 1 aliphatic rings. The van der Waals surface area contributed by atoms with Crippen molar-refractivity contribution in [3.63, 3.8) is 0 Å². The number of nitrogens with zero attached hydrogens (tertiary/aromatic N) is 1. The lowest BCUT2D eigenvalue weighted by atomic mass is 9.87. The Morgan fingerprint density at radius 2 is 2.08 bits per heavy atom. The first-order valence-corrected chi connectivity index (χ1v) is 8.83. The Labute approximate surface area is 144 Å². The summed E-state index contributed by atoms with van der Waals surface area (Å²) in [5, 5.41) is 3.16. The molecule has 0 saturated carbocycles. The van der Waals surface area contributed by atoms with Crippen molar-refractivity contribution in [2.45, 2.75) is 45.6 Å². The maximum absolute atomic E-state index is 12.3. The summed E-state index contributed by atoms with van der Waals surface area (Å²) in [5.74, 6) is 0.116. The van der Waals surface area contributed by atoms with Gasteiger partial charge < -0.3 is 11.1 Å². The molecule has 0 saturated heterocycles. The van der Waals surface area contributed by atoms with Crippen molar-refractivity contribution < 1.29 is 9.59 Å². The maximum Gasteiger partial charge on any atom is 0.231 e. The van der Waals surface area contributed by atoms with E-state index in [1.165, 1.54) is 11.1 Å². The molecule has 3 N–H and O–H groups in total. The molecule has 1 aromatic rings. The van der Waals surface area contributed by atoms with Gasteiger partial charge in [0, 0.05) is 19.5 Å². The van der Waals surface area contributed by atoms with Crippen LogP contribution in [-0.4, -0.2) is 36.3 Å². The second kappa shape index (κ2) is 8.83. The number of hydrogen-bond donors (Lipinski definition) is 2. The molecular weight excluding hydrogens is 302 g/mol. The van der Waals surface area contributed by atoms with Gasteiger partial charge in [-0.3, -0.25) is 14.5 Å². The van der Waals surface area contributed by atoms with Crippen LogP contribution in [0, 0.1) is 5.92 Å². The van der Waals surface area contributed by atoms with Crippen molar-refractivity contribution >= 4 is 11.8 Å². The summed E-state index contributed by atoms with van der Waals surface area (Å²) in [6, 6.07) is 8.44. The average molecular weight is 331 g/mol. The quantitative estimate of drug-likeness (QED) is 0.765. The number of carbonyl (C=O) groups excluding carboxylic acids is 2. The fourth-order valence-electron chi connectivity index (χ4n) is 3.40. The first kappa shape index (κ1) is 18.5. The van der Waals surface area contributed by atoms with Gasteiger partial charge in [0.2, 0.25) is 11.8 Å². The van der Waals surface area contributed by atoms with E-state index in [2.05, 4.69) is 37.4 Å². The van der Waals surface area contributed by atoms with E-state index in [9.17, 15) is 9.59 Å². The predicted octanol–water partition coefficient (Wildman–Crippen LogP) is 2.01. The maximum atomic E-state index is 12.3. The number of fused-ring (bicyclic) bond motifs is 1. The van der Waals surface area contributed by atoms with Gasteiger partial charge in [-0.25, -0.2) is 0 Å². The molecule has 132 valence electrons. The van der Waals surface area contributed by atoms with E-state index < -0.39 is 0 Å². The molecule has 0 aromatic heterocycles. The SMILES string of the molecule is CC(C)CN(CCC(=O)NC1CCCc2ccccc21)CC(N)=O. The van der Waals surface area contributed by atoms with E-state index in [0.717, 1.165) is 25.8 Å². The minimum atomic E-state index is -0.350. The van der Waals surface area contributed by atoms with Crippen LogP contribution in [0.4, 0.5) is 0 Å². The van der Waals surface area contributed by atoms with Crippen molar-refractivity contribution in [3.8, 4) is 0 Å². The molecule has 0 radical (unpaired) electrons. The number of rotatable bonds is 8. The van der Waals surface area contributed by atoms with Gasteiger partial charge in [-0.15, -0.1) is 0 Å².